The second-order valence-electron chi connectivity index (χ2n) is 3.70. The third kappa shape index (κ3) is 2.36. The lowest BCUT2D eigenvalue weighted by Crippen LogP contribution is -2.35. The summed E-state index contributed by atoms with van der Waals surface area (Å²) in [4.78, 5) is 15.8. The first-order valence-corrected chi connectivity index (χ1v) is 5.80. The van der Waals surface area contributed by atoms with Crippen molar-refractivity contribution < 1.29 is 23.1 Å². The van der Waals surface area contributed by atoms with Gasteiger partial charge in [0.1, 0.15) is 6.04 Å². The summed E-state index contributed by atoms with van der Waals surface area (Å²) in [6.45, 7) is 0.432. The molecule has 17 heavy (non-hydrogen) atoms. The van der Waals surface area contributed by atoms with Crippen LogP contribution in [0.5, 0.6) is 0 Å². The number of aliphatic carboxylic acids is 1. The Balaban J connectivity index is 2.23. The monoisotopic (exact) mass is 266 g/mol. The van der Waals surface area contributed by atoms with E-state index in [0.717, 1.165) is 16.7 Å². The molecule has 0 bridgehead atoms. The number of rotatable bonds is 2. The topological polar surface area (TPSA) is 53.4 Å². The Hall–Kier alpha value is -1.31. The zero-order valence-corrected chi connectivity index (χ0v) is 9.38. The zero-order valence-electron chi connectivity index (χ0n) is 8.57. The number of hydrogen-bond donors (Lipinski definition) is 1. The quantitative estimate of drug-likeness (QED) is 0.891. The Morgan fingerprint density at radius 3 is 2.82 bits per heavy atom. The number of carboxylic acids is 1. The molecule has 1 aromatic rings. The SMILES string of the molecule is O=C(O)[C@@H]1CCCN1c1nc(C(F)(F)F)cs1. The highest BCUT2D eigenvalue weighted by molar-refractivity contribution is 7.13. The number of halogens is 3. The summed E-state index contributed by atoms with van der Waals surface area (Å²) in [6.07, 6.45) is -3.39. The number of carboxylic acid groups (broad SMARTS) is 1. The molecule has 1 N–H and O–H groups in total. The molecule has 0 saturated carbocycles. The molecule has 94 valence electrons. The van der Waals surface area contributed by atoms with E-state index < -0.39 is 23.9 Å². The van der Waals surface area contributed by atoms with Crippen molar-refractivity contribution in [1.82, 2.24) is 4.98 Å². The number of carbonyl (C=O) groups is 1. The molecule has 0 amide bonds. The molecule has 4 nitrogen and oxygen atoms in total. The van der Waals surface area contributed by atoms with Crippen molar-refractivity contribution in [1.29, 1.82) is 0 Å². The van der Waals surface area contributed by atoms with Gasteiger partial charge in [0.2, 0.25) is 0 Å². The molecule has 1 aliphatic rings. The molecule has 2 heterocycles. The highest BCUT2D eigenvalue weighted by atomic mass is 32.1. The second-order valence-corrected chi connectivity index (χ2v) is 4.54. The van der Waals surface area contributed by atoms with Crippen molar-refractivity contribution in [3.8, 4) is 0 Å². The molecular formula is C9H9F3N2O2S. The van der Waals surface area contributed by atoms with Gasteiger partial charge in [0.15, 0.2) is 10.8 Å². The fraction of sp³-hybridized carbons (Fsp3) is 0.556. The van der Waals surface area contributed by atoms with Crippen LogP contribution in [0.25, 0.3) is 0 Å². The van der Waals surface area contributed by atoms with Crippen LogP contribution < -0.4 is 4.90 Å². The summed E-state index contributed by atoms with van der Waals surface area (Å²) >= 11 is 0.826. The average molecular weight is 266 g/mol. The summed E-state index contributed by atoms with van der Waals surface area (Å²) in [5.74, 6) is -1.02. The van der Waals surface area contributed by atoms with Gasteiger partial charge in [-0.3, -0.25) is 0 Å². The van der Waals surface area contributed by atoms with Gasteiger partial charge in [-0.15, -0.1) is 11.3 Å². The highest BCUT2D eigenvalue weighted by Crippen LogP contribution is 2.35. The molecular weight excluding hydrogens is 257 g/mol. The maximum atomic E-state index is 12.4. The van der Waals surface area contributed by atoms with Gasteiger partial charge in [0.05, 0.1) is 0 Å². The Bertz CT molecular complexity index is 432. The van der Waals surface area contributed by atoms with Crippen molar-refractivity contribution in [2.24, 2.45) is 0 Å². The van der Waals surface area contributed by atoms with Crippen LogP contribution in [0.3, 0.4) is 0 Å². The zero-order chi connectivity index (χ0) is 12.6. The molecule has 1 aliphatic heterocycles. The second kappa shape index (κ2) is 4.17. The molecule has 0 aliphatic carbocycles. The summed E-state index contributed by atoms with van der Waals surface area (Å²) in [5, 5.41) is 9.96. The standard InChI is InChI=1S/C9H9F3N2O2S/c10-9(11,12)6-4-17-8(13-6)14-3-1-2-5(14)7(15)16/h4-5H,1-3H2,(H,15,16)/t5-/m0/s1. The third-order valence-electron chi connectivity index (χ3n) is 2.57. The van der Waals surface area contributed by atoms with Crippen molar-refractivity contribution >= 4 is 22.4 Å². The van der Waals surface area contributed by atoms with Crippen LogP contribution >= 0.6 is 11.3 Å². The first kappa shape index (κ1) is 12.2. The van der Waals surface area contributed by atoms with Crippen LogP contribution in [0.4, 0.5) is 18.3 Å². The highest BCUT2D eigenvalue weighted by Gasteiger charge is 2.37. The summed E-state index contributed by atoms with van der Waals surface area (Å²) in [5.41, 5.74) is -0.964. The van der Waals surface area contributed by atoms with E-state index in [9.17, 15) is 18.0 Å². The molecule has 0 spiro atoms. The predicted octanol–water partition coefficient (Wildman–Crippen LogP) is 2.22. The van der Waals surface area contributed by atoms with E-state index in [0.29, 0.717) is 19.4 Å². The molecule has 1 aromatic heterocycles. The van der Waals surface area contributed by atoms with E-state index >= 15 is 0 Å². The van der Waals surface area contributed by atoms with Crippen LogP contribution in [0.2, 0.25) is 0 Å². The molecule has 0 unspecified atom stereocenters. The van der Waals surface area contributed by atoms with Gasteiger partial charge in [0, 0.05) is 11.9 Å². The van der Waals surface area contributed by atoms with Gasteiger partial charge in [0.25, 0.3) is 0 Å². The van der Waals surface area contributed by atoms with E-state index in [-0.39, 0.29) is 5.13 Å². The first-order valence-electron chi connectivity index (χ1n) is 4.92. The van der Waals surface area contributed by atoms with Crippen molar-refractivity contribution in [2.75, 3.05) is 11.4 Å². The number of alkyl halides is 3. The smallest absolute Gasteiger partial charge is 0.434 e. The lowest BCUT2D eigenvalue weighted by atomic mass is 10.2. The van der Waals surface area contributed by atoms with Gasteiger partial charge in [-0.25, -0.2) is 9.78 Å². The maximum Gasteiger partial charge on any atom is 0.434 e. The van der Waals surface area contributed by atoms with E-state index in [1.54, 1.807) is 0 Å². The maximum absolute atomic E-state index is 12.4. The van der Waals surface area contributed by atoms with Gasteiger partial charge in [-0.2, -0.15) is 13.2 Å². The molecule has 1 fully saturated rings. The van der Waals surface area contributed by atoms with Crippen LogP contribution in [0.1, 0.15) is 18.5 Å². The van der Waals surface area contributed by atoms with E-state index in [2.05, 4.69) is 4.98 Å². The molecule has 8 heteroatoms. The van der Waals surface area contributed by atoms with E-state index in [4.69, 9.17) is 5.11 Å². The molecule has 1 atom stereocenters. The minimum absolute atomic E-state index is 0.127. The minimum Gasteiger partial charge on any atom is -0.480 e. The van der Waals surface area contributed by atoms with Crippen LogP contribution in [0.15, 0.2) is 5.38 Å². The Kier molecular flexibility index (Phi) is 2.98. The number of thiazole rings is 1. The minimum atomic E-state index is -4.48. The van der Waals surface area contributed by atoms with Gasteiger partial charge >= 0.3 is 12.1 Å². The summed E-state index contributed by atoms with van der Waals surface area (Å²) < 4.78 is 37.1. The van der Waals surface area contributed by atoms with Crippen LogP contribution in [-0.2, 0) is 11.0 Å². The Morgan fingerprint density at radius 2 is 2.29 bits per heavy atom. The molecule has 1 saturated heterocycles. The lowest BCUT2D eigenvalue weighted by Gasteiger charge is -2.19. The number of nitrogens with zero attached hydrogens (tertiary/aromatic N) is 2. The van der Waals surface area contributed by atoms with Crippen molar-refractivity contribution in [3.05, 3.63) is 11.1 Å². The summed E-state index contributed by atoms with van der Waals surface area (Å²) in [6, 6.07) is -0.762. The molecule has 2 rings (SSSR count). The van der Waals surface area contributed by atoms with Crippen molar-refractivity contribution in [2.45, 2.75) is 25.1 Å². The lowest BCUT2D eigenvalue weighted by molar-refractivity contribution is -0.140. The van der Waals surface area contributed by atoms with Gasteiger partial charge in [-0.05, 0) is 12.8 Å². The van der Waals surface area contributed by atoms with Gasteiger partial charge < -0.3 is 10.0 Å². The number of aromatic nitrogens is 1. The van der Waals surface area contributed by atoms with Crippen molar-refractivity contribution in [3.63, 3.8) is 0 Å². The fourth-order valence-corrected chi connectivity index (χ4v) is 2.69. The Morgan fingerprint density at radius 1 is 1.59 bits per heavy atom. The number of anilines is 1. The van der Waals surface area contributed by atoms with Gasteiger partial charge in [-0.1, -0.05) is 0 Å². The largest absolute Gasteiger partial charge is 0.480 e. The van der Waals surface area contributed by atoms with E-state index in [1.165, 1.54) is 4.90 Å². The Labute approximate surface area is 98.7 Å². The third-order valence-corrected chi connectivity index (χ3v) is 3.44. The molecule has 0 radical (unpaired) electrons. The van der Waals surface area contributed by atoms with E-state index in [1.807, 2.05) is 0 Å². The van der Waals surface area contributed by atoms with Crippen LogP contribution in [0, 0.1) is 0 Å². The number of hydrogen-bond acceptors (Lipinski definition) is 4. The normalized spacial score (nSPS) is 20.9. The predicted molar refractivity (Wildman–Crippen MR) is 55.1 cm³/mol. The first-order chi connectivity index (χ1) is 7.89. The van der Waals surface area contributed by atoms with Crippen LogP contribution in [-0.4, -0.2) is 28.6 Å². The fourth-order valence-electron chi connectivity index (χ4n) is 1.78. The average Bonchev–Trinajstić information content (AvgIpc) is 2.85. The molecule has 0 aromatic carbocycles. The summed E-state index contributed by atoms with van der Waals surface area (Å²) in [7, 11) is 0.